The maximum absolute atomic E-state index is 12.3. The number of nitrogens with zero attached hydrogens (tertiary/aromatic N) is 1. The molecule has 2 heterocycles. The summed E-state index contributed by atoms with van der Waals surface area (Å²) in [5.41, 5.74) is -0.604. The molecule has 0 aliphatic carbocycles. The SMILES string of the molecule is CC1OCCC1C(=O)N1CCCC(C)(O)CC1. The predicted molar refractivity (Wildman–Crippen MR) is 64.6 cm³/mol. The van der Waals surface area contributed by atoms with Crippen LogP contribution in [-0.2, 0) is 9.53 Å². The third-order valence-corrected chi connectivity index (χ3v) is 4.07. The lowest BCUT2D eigenvalue weighted by Crippen LogP contribution is -2.39. The third kappa shape index (κ3) is 2.99. The second-order valence-corrected chi connectivity index (χ2v) is 5.65. The van der Waals surface area contributed by atoms with Gasteiger partial charge in [-0.15, -0.1) is 0 Å². The standard InChI is InChI=1S/C13H23NO3/c1-10-11(4-9-17-10)12(15)14-7-3-5-13(2,16)6-8-14/h10-11,16H,3-9H2,1-2H3. The molecular formula is C13H23NO3. The van der Waals surface area contributed by atoms with Gasteiger partial charge in [-0.05, 0) is 39.5 Å². The zero-order valence-electron chi connectivity index (χ0n) is 10.8. The molecule has 17 heavy (non-hydrogen) atoms. The average molecular weight is 241 g/mol. The summed E-state index contributed by atoms with van der Waals surface area (Å²) in [4.78, 5) is 14.3. The second-order valence-electron chi connectivity index (χ2n) is 5.65. The normalized spacial score (nSPS) is 39.1. The first-order valence-corrected chi connectivity index (χ1v) is 6.62. The number of carbonyl (C=O) groups excluding carboxylic acids is 1. The number of rotatable bonds is 1. The van der Waals surface area contributed by atoms with Gasteiger partial charge < -0.3 is 14.7 Å². The van der Waals surface area contributed by atoms with E-state index in [1.54, 1.807) is 0 Å². The van der Waals surface area contributed by atoms with Crippen molar-refractivity contribution in [2.45, 2.75) is 51.2 Å². The lowest BCUT2D eigenvalue weighted by molar-refractivity contribution is -0.137. The topological polar surface area (TPSA) is 49.8 Å². The Morgan fingerprint density at radius 2 is 2.18 bits per heavy atom. The van der Waals surface area contributed by atoms with Gasteiger partial charge in [0, 0.05) is 19.7 Å². The molecule has 0 aromatic heterocycles. The Bertz CT molecular complexity index is 290. The minimum Gasteiger partial charge on any atom is -0.390 e. The number of hydrogen-bond donors (Lipinski definition) is 1. The summed E-state index contributed by atoms with van der Waals surface area (Å²) in [5.74, 6) is 0.241. The summed E-state index contributed by atoms with van der Waals surface area (Å²) < 4.78 is 5.45. The van der Waals surface area contributed by atoms with Gasteiger partial charge in [0.25, 0.3) is 0 Å². The predicted octanol–water partition coefficient (Wildman–Crippen LogP) is 1.17. The van der Waals surface area contributed by atoms with Gasteiger partial charge in [0.05, 0.1) is 17.6 Å². The molecule has 2 saturated heterocycles. The van der Waals surface area contributed by atoms with Crippen LogP contribution in [0.2, 0.25) is 0 Å². The van der Waals surface area contributed by atoms with Crippen molar-refractivity contribution in [2.24, 2.45) is 5.92 Å². The molecule has 0 saturated carbocycles. The monoisotopic (exact) mass is 241 g/mol. The van der Waals surface area contributed by atoms with Crippen molar-refractivity contribution in [3.8, 4) is 0 Å². The molecule has 3 unspecified atom stereocenters. The van der Waals surface area contributed by atoms with E-state index in [1.165, 1.54) is 0 Å². The molecule has 0 aromatic rings. The fourth-order valence-electron chi connectivity index (χ4n) is 2.77. The Balaban J connectivity index is 1.95. The fourth-order valence-corrected chi connectivity index (χ4v) is 2.77. The lowest BCUT2D eigenvalue weighted by Gasteiger charge is -2.26. The highest BCUT2D eigenvalue weighted by Crippen LogP contribution is 2.26. The Labute approximate surface area is 103 Å². The number of likely N-dealkylation sites (tertiary alicyclic amines) is 1. The van der Waals surface area contributed by atoms with E-state index in [2.05, 4.69) is 0 Å². The van der Waals surface area contributed by atoms with Crippen molar-refractivity contribution in [1.29, 1.82) is 0 Å². The summed E-state index contributed by atoms with van der Waals surface area (Å²) in [6, 6.07) is 0. The van der Waals surface area contributed by atoms with Crippen molar-refractivity contribution in [1.82, 2.24) is 4.90 Å². The summed E-state index contributed by atoms with van der Waals surface area (Å²) in [6.45, 7) is 5.99. The Morgan fingerprint density at radius 1 is 1.41 bits per heavy atom. The van der Waals surface area contributed by atoms with Crippen LogP contribution >= 0.6 is 0 Å². The average Bonchev–Trinajstić information content (AvgIpc) is 2.59. The Morgan fingerprint density at radius 3 is 2.82 bits per heavy atom. The first kappa shape index (κ1) is 12.8. The van der Waals surface area contributed by atoms with Crippen LogP contribution in [0, 0.1) is 5.92 Å². The number of ether oxygens (including phenoxy) is 1. The van der Waals surface area contributed by atoms with Gasteiger partial charge in [0.15, 0.2) is 0 Å². The molecule has 0 spiro atoms. The minimum absolute atomic E-state index is 0.0260. The van der Waals surface area contributed by atoms with Gasteiger partial charge >= 0.3 is 0 Å². The molecule has 4 nitrogen and oxygen atoms in total. The first-order valence-electron chi connectivity index (χ1n) is 6.62. The molecule has 2 rings (SSSR count). The number of amides is 1. The molecule has 1 amide bonds. The summed E-state index contributed by atoms with van der Waals surface area (Å²) in [5, 5.41) is 10.0. The zero-order valence-corrected chi connectivity index (χ0v) is 10.8. The molecule has 1 N–H and O–H groups in total. The molecule has 0 bridgehead atoms. The van der Waals surface area contributed by atoms with Crippen LogP contribution in [0.4, 0.5) is 0 Å². The van der Waals surface area contributed by atoms with Crippen molar-refractivity contribution in [3.63, 3.8) is 0 Å². The maximum atomic E-state index is 12.3. The van der Waals surface area contributed by atoms with Crippen LogP contribution in [0.25, 0.3) is 0 Å². The van der Waals surface area contributed by atoms with E-state index in [-0.39, 0.29) is 17.9 Å². The highest BCUT2D eigenvalue weighted by molar-refractivity contribution is 5.79. The van der Waals surface area contributed by atoms with Gasteiger partial charge in [-0.25, -0.2) is 0 Å². The van der Waals surface area contributed by atoms with Crippen LogP contribution in [0.15, 0.2) is 0 Å². The van der Waals surface area contributed by atoms with E-state index in [4.69, 9.17) is 4.74 Å². The molecule has 2 aliphatic rings. The summed E-state index contributed by atoms with van der Waals surface area (Å²) in [6.07, 6.45) is 3.24. The zero-order chi connectivity index (χ0) is 12.5. The summed E-state index contributed by atoms with van der Waals surface area (Å²) in [7, 11) is 0. The smallest absolute Gasteiger partial charge is 0.228 e. The van der Waals surface area contributed by atoms with Gasteiger partial charge in [-0.3, -0.25) is 4.79 Å². The molecule has 0 aromatic carbocycles. The van der Waals surface area contributed by atoms with E-state index in [0.29, 0.717) is 19.6 Å². The van der Waals surface area contributed by atoms with Gasteiger partial charge in [-0.2, -0.15) is 0 Å². The highest BCUT2D eigenvalue weighted by atomic mass is 16.5. The summed E-state index contributed by atoms with van der Waals surface area (Å²) >= 11 is 0. The van der Waals surface area contributed by atoms with Crippen molar-refractivity contribution < 1.29 is 14.6 Å². The van der Waals surface area contributed by atoms with Crippen molar-refractivity contribution in [2.75, 3.05) is 19.7 Å². The van der Waals surface area contributed by atoms with E-state index in [0.717, 1.165) is 25.8 Å². The van der Waals surface area contributed by atoms with Crippen LogP contribution < -0.4 is 0 Å². The van der Waals surface area contributed by atoms with Gasteiger partial charge in [0.2, 0.25) is 5.91 Å². The Hall–Kier alpha value is -0.610. The maximum Gasteiger partial charge on any atom is 0.228 e. The van der Waals surface area contributed by atoms with E-state index >= 15 is 0 Å². The van der Waals surface area contributed by atoms with E-state index < -0.39 is 5.60 Å². The van der Waals surface area contributed by atoms with Crippen LogP contribution in [0.1, 0.15) is 39.5 Å². The molecule has 4 heteroatoms. The third-order valence-electron chi connectivity index (χ3n) is 4.07. The molecule has 2 aliphatic heterocycles. The molecule has 0 radical (unpaired) electrons. The largest absolute Gasteiger partial charge is 0.390 e. The van der Waals surface area contributed by atoms with E-state index in [9.17, 15) is 9.90 Å². The second kappa shape index (κ2) is 4.94. The number of hydrogen-bond acceptors (Lipinski definition) is 3. The molecular weight excluding hydrogens is 218 g/mol. The number of aliphatic hydroxyl groups is 1. The quantitative estimate of drug-likeness (QED) is 0.750. The Kier molecular flexibility index (Phi) is 3.73. The number of carbonyl (C=O) groups is 1. The first-order chi connectivity index (χ1) is 7.99. The van der Waals surface area contributed by atoms with Crippen molar-refractivity contribution >= 4 is 5.91 Å². The molecule has 98 valence electrons. The van der Waals surface area contributed by atoms with Gasteiger partial charge in [-0.1, -0.05) is 0 Å². The van der Waals surface area contributed by atoms with Gasteiger partial charge in [0.1, 0.15) is 0 Å². The minimum atomic E-state index is -0.604. The fraction of sp³-hybridized carbons (Fsp3) is 0.923. The molecule has 2 fully saturated rings. The molecule has 3 atom stereocenters. The van der Waals surface area contributed by atoms with E-state index in [1.807, 2.05) is 18.7 Å². The lowest BCUT2D eigenvalue weighted by atomic mass is 9.98. The van der Waals surface area contributed by atoms with Crippen molar-refractivity contribution in [3.05, 3.63) is 0 Å². The highest BCUT2D eigenvalue weighted by Gasteiger charge is 2.35. The van der Waals surface area contributed by atoms with Crippen LogP contribution in [-0.4, -0.2) is 47.3 Å². The van der Waals surface area contributed by atoms with Crippen LogP contribution in [0.3, 0.4) is 0 Å². The van der Waals surface area contributed by atoms with Crippen LogP contribution in [0.5, 0.6) is 0 Å².